The Bertz CT molecular complexity index is 412. The number of amides is 1. The van der Waals surface area contributed by atoms with E-state index in [1.807, 2.05) is 11.8 Å². The van der Waals surface area contributed by atoms with Gasteiger partial charge in [0.05, 0.1) is 6.20 Å². The lowest BCUT2D eigenvalue weighted by Crippen LogP contribution is -2.26. The van der Waals surface area contributed by atoms with Crippen molar-refractivity contribution in [1.82, 2.24) is 15.1 Å². The minimum Gasteiger partial charge on any atom is -0.384 e. The summed E-state index contributed by atoms with van der Waals surface area (Å²) in [4.78, 5) is 11.8. The van der Waals surface area contributed by atoms with Crippen molar-refractivity contribution in [2.45, 2.75) is 25.8 Å². The van der Waals surface area contributed by atoms with E-state index in [9.17, 15) is 4.79 Å². The molecule has 1 aliphatic heterocycles. The average molecular weight is 268 g/mol. The summed E-state index contributed by atoms with van der Waals surface area (Å²) >= 11 is 1.98. The molecule has 1 fully saturated rings. The van der Waals surface area contributed by atoms with Crippen LogP contribution < -0.4 is 11.1 Å². The molecular formula is C12H20N4OS. The van der Waals surface area contributed by atoms with Gasteiger partial charge in [-0.1, -0.05) is 0 Å². The maximum absolute atomic E-state index is 11.8. The quantitative estimate of drug-likeness (QED) is 0.859. The van der Waals surface area contributed by atoms with Crippen LogP contribution >= 0.6 is 11.8 Å². The van der Waals surface area contributed by atoms with E-state index in [0.29, 0.717) is 24.7 Å². The molecule has 18 heavy (non-hydrogen) atoms. The zero-order valence-corrected chi connectivity index (χ0v) is 11.5. The SMILES string of the molecule is Cn1ncc(CNC(=O)CC2CCSCC2)c1N. The second-order valence-corrected chi connectivity index (χ2v) is 5.94. The van der Waals surface area contributed by atoms with E-state index in [2.05, 4.69) is 10.4 Å². The number of rotatable bonds is 4. The first-order valence-electron chi connectivity index (χ1n) is 6.27. The predicted molar refractivity (Wildman–Crippen MR) is 74.1 cm³/mol. The van der Waals surface area contributed by atoms with Crippen molar-refractivity contribution in [1.29, 1.82) is 0 Å². The number of anilines is 1. The average Bonchev–Trinajstić information content (AvgIpc) is 2.69. The molecule has 2 rings (SSSR count). The smallest absolute Gasteiger partial charge is 0.220 e. The second kappa shape index (κ2) is 6.13. The molecule has 0 atom stereocenters. The van der Waals surface area contributed by atoms with Crippen LogP contribution in [0.3, 0.4) is 0 Å². The maximum Gasteiger partial charge on any atom is 0.220 e. The minimum atomic E-state index is 0.121. The Morgan fingerprint density at radius 1 is 1.61 bits per heavy atom. The summed E-state index contributed by atoms with van der Waals surface area (Å²) in [7, 11) is 1.79. The third-order valence-corrected chi connectivity index (χ3v) is 4.40. The summed E-state index contributed by atoms with van der Waals surface area (Å²) in [6.07, 6.45) is 4.66. The lowest BCUT2D eigenvalue weighted by molar-refractivity contribution is -0.122. The first-order chi connectivity index (χ1) is 8.66. The number of carbonyl (C=O) groups is 1. The lowest BCUT2D eigenvalue weighted by Gasteiger charge is -2.20. The maximum atomic E-state index is 11.8. The molecule has 1 aliphatic rings. The number of nitrogens with zero attached hydrogens (tertiary/aromatic N) is 2. The van der Waals surface area contributed by atoms with Crippen LogP contribution in [0.4, 0.5) is 5.82 Å². The molecule has 1 aromatic rings. The zero-order valence-electron chi connectivity index (χ0n) is 10.7. The van der Waals surface area contributed by atoms with E-state index in [1.165, 1.54) is 11.5 Å². The van der Waals surface area contributed by atoms with E-state index in [1.54, 1.807) is 17.9 Å². The highest BCUT2D eigenvalue weighted by atomic mass is 32.2. The van der Waals surface area contributed by atoms with Gasteiger partial charge in [-0.25, -0.2) is 0 Å². The Labute approximate surface area is 111 Å². The van der Waals surface area contributed by atoms with E-state index in [0.717, 1.165) is 18.4 Å². The van der Waals surface area contributed by atoms with Crippen molar-refractivity contribution >= 4 is 23.5 Å². The topological polar surface area (TPSA) is 72.9 Å². The van der Waals surface area contributed by atoms with Gasteiger partial charge >= 0.3 is 0 Å². The van der Waals surface area contributed by atoms with Crippen molar-refractivity contribution < 1.29 is 4.79 Å². The van der Waals surface area contributed by atoms with Gasteiger partial charge < -0.3 is 11.1 Å². The van der Waals surface area contributed by atoms with Crippen molar-refractivity contribution in [2.24, 2.45) is 13.0 Å². The van der Waals surface area contributed by atoms with Crippen LogP contribution in [0.15, 0.2) is 6.20 Å². The van der Waals surface area contributed by atoms with Crippen LogP contribution in [-0.4, -0.2) is 27.2 Å². The monoisotopic (exact) mass is 268 g/mol. The van der Waals surface area contributed by atoms with Crippen molar-refractivity contribution in [3.05, 3.63) is 11.8 Å². The van der Waals surface area contributed by atoms with Crippen LogP contribution in [0.5, 0.6) is 0 Å². The number of aryl methyl sites for hydroxylation is 1. The fourth-order valence-corrected chi connectivity index (χ4v) is 3.31. The summed E-state index contributed by atoms with van der Waals surface area (Å²) in [5.74, 6) is 3.66. The number of aromatic nitrogens is 2. The van der Waals surface area contributed by atoms with Gasteiger partial charge in [-0.05, 0) is 30.3 Å². The molecule has 0 bridgehead atoms. The van der Waals surface area contributed by atoms with Crippen LogP contribution in [-0.2, 0) is 18.4 Å². The molecule has 5 nitrogen and oxygen atoms in total. The van der Waals surface area contributed by atoms with Gasteiger partial charge in [0.2, 0.25) is 5.91 Å². The Morgan fingerprint density at radius 2 is 2.33 bits per heavy atom. The Hall–Kier alpha value is -1.17. The van der Waals surface area contributed by atoms with Crippen LogP contribution in [0.1, 0.15) is 24.8 Å². The highest BCUT2D eigenvalue weighted by Gasteiger charge is 2.17. The number of nitrogen functional groups attached to an aromatic ring is 1. The molecule has 0 aromatic carbocycles. The largest absolute Gasteiger partial charge is 0.384 e. The number of hydrogen-bond acceptors (Lipinski definition) is 4. The molecule has 3 N–H and O–H groups in total. The van der Waals surface area contributed by atoms with Gasteiger partial charge in [0, 0.05) is 25.6 Å². The van der Waals surface area contributed by atoms with E-state index >= 15 is 0 Å². The Morgan fingerprint density at radius 3 is 2.94 bits per heavy atom. The molecule has 1 amide bonds. The summed E-state index contributed by atoms with van der Waals surface area (Å²) in [5.41, 5.74) is 6.70. The molecule has 0 saturated carbocycles. The van der Waals surface area contributed by atoms with Gasteiger partial charge in [0.1, 0.15) is 5.82 Å². The Balaban J connectivity index is 1.76. The molecule has 0 aliphatic carbocycles. The minimum absolute atomic E-state index is 0.121. The molecular weight excluding hydrogens is 248 g/mol. The van der Waals surface area contributed by atoms with E-state index in [-0.39, 0.29) is 5.91 Å². The molecule has 1 aromatic heterocycles. The number of nitrogens with one attached hydrogen (secondary N) is 1. The number of nitrogens with two attached hydrogens (primary N) is 1. The Kier molecular flexibility index (Phi) is 4.52. The normalized spacial score (nSPS) is 16.7. The fourth-order valence-electron chi connectivity index (χ4n) is 2.11. The standard InChI is InChI=1S/C12H20N4OS/c1-16-12(13)10(8-15-16)7-14-11(17)6-9-2-4-18-5-3-9/h8-9H,2-7,13H2,1H3,(H,14,17). The van der Waals surface area contributed by atoms with Gasteiger partial charge in [-0.3, -0.25) is 9.48 Å². The molecule has 0 unspecified atom stereocenters. The van der Waals surface area contributed by atoms with Gasteiger partial charge in [0.25, 0.3) is 0 Å². The fraction of sp³-hybridized carbons (Fsp3) is 0.667. The first kappa shape index (κ1) is 13.3. The number of hydrogen-bond donors (Lipinski definition) is 2. The van der Waals surface area contributed by atoms with Crippen LogP contribution in [0.25, 0.3) is 0 Å². The summed E-state index contributed by atoms with van der Waals surface area (Å²) in [5, 5.41) is 6.97. The molecule has 0 radical (unpaired) electrons. The molecule has 6 heteroatoms. The number of carbonyl (C=O) groups excluding carboxylic acids is 1. The first-order valence-corrected chi connectivity index (χ1v) is 7.43. The van der Waals surface area contributed by atoms with Crippen LogP contribution in [0.2, 0.25) is 0 Å². The summed E-state index contributed by atoms with van der Waals surface area (Å²) in [6.45, 7) is 0.472. The van der Waals surface area contributed by atoms with E-state index < -0.39 is 0 Å². The molecule has 0 spiro atoms. The second-order valence-electron chi connectivity index (χ2n) is 4.72. The van der Waals surface area contributed by atoms with Gasteiger partial charge in [-0.2, -0.15) is 16.9 Å². The lowest BCUT2D eigenvalue weighted by atomic mass is 9.98. The molecule has 1 saturated heterocycles. The summed E-state index contributed by atoms with van der Waals surface area (Å²) in [6, 6.07) is 0. The van der Waals surface area contributed by atoms with Gasteiger partial charge in [0.15, 0.2) is 0 Å². The predicted octanol–water partition coefficient (Wildman–Crippen LogP) is 1.15. The number of thioether (sulfide) groups is 1. The molecule has 100 valence electrons. The van der Waals surface area contributed by atoms with Crippen molar-refractivity contribution in [3.8, 4) is 0 Å². The summed E-state index contributed by atoms with van der Waals surface area (Å²) < 4.78 is 1.61. The van der Waals surface area contributed by atoms with Crippen molar-refractivity contribution in [3.63, 3.8) is 0 Å². The highest BCUT2D eigenvalue weighted by Crippen LogP contribution is 2.25. The zero-order chi connectivity index (χ0) is 13.0. The third-order valence-electron chi connectivity index (χ3n) is 3.36. The molecule has 2 heterocycles. The van der Waals surface area contributed by atoms with Crippen molar-refractivity contribution in [2.75, 3.05) is 17.2 Å². The third kappa shape index (κ3) is 3.41. The van der Waals surface area contributed by atoms with E-state index in [4.69, 9.17) is 5.73 Å². The highest BCUT2D eigenvalue weighted by molar-refractivity contribution is 7.99. The van der Waals surface area contributed by atoms with Gasteiger partial charge in [-0.15, -0.1) is 0 Å². The van der Waals surface area contributed by atoms with Crippen LogP contribution in [0, 0.1) is 5.92 Å².